The fraction of sp³-hybridized carbons (Fsp3) is 0.389. The smallest absolute Gasteiger partial charge is 0.323 e. The SMILES string of the molecule is CC1CC(C(=O)O)CN(C(=O)Nc2cc(-c3ccc(F)cc3F)nn2C)C1. The first-order valence-corrected chi connectivity index (χ1v) is 8.52. The van der Waals surface area contributed by atoms with Crippen LogP contribution in [0.5, 0.6) is 0 Å². The van der Waals surface area contributed by atoms with Crippen molar-refractivity contribution in [2.45, 2.75) is 13.3 Å². The van der Waals surface area contributed by atoms with Crippen molar-refractivity contribution in [3.63, 3.8) is 0 Å². The average Bonchev–Trinajstić information content (AvgIpc) is 2.94. The standard InChI is InChI=1S/C18H20F2N4O3/c1-10-5-11(17(25)26)9-24(8-10)18(27)21-16-7-15(22-23(16)2)13-4-3-12(19)6-14(13)20/h3-4,6-7,10-11H,5,8-9H2,1-2H3,(H,21,27)(H,25,26). The highest BCUT2D eigenvalue weighted by Gasteiger charge is 2.32. The number of aliphatic carboxylic acids is 1. The van der Waals surface area contributed by atoms with E-state index in [-0.39, 0.29) is 23.7 Å². The molecule has 144 valence electrons. The number of aryl methyl sites for hydroxylation is 1. The molecule has 2 aromatic rings. The molecule has 1 aromatic heterocycles. The van der Waals surface area contributed by atoms with E-state index in [1.54, 1.807) is 7.05 Å². The zero-order chi connectivity index (χ0) is 19.7. The third-order valence-electron chi connectivity index (χ3n) is 4.62. The summed E-state index contributed by atoms with van der Waals surface area (Å²) in [4.78, 5) is 25.3. The van der Waals surface area contributed by atoms with E-state index < -0.39 is 29.6 Å². The molecule has 1 saturated heterocycles. The van der Waals surface area contributed by atoms with E-state index in [4.69, 9.17) is 0 Å². The van der Waals surface area contributed by atoms with Crippen molar-refractivity contribution >= 4 is 17.8 Å². The Kier molecular flexibility index (Phi) is 5.11. The summed E-state index contributed by atoms with van der Waals surface area (Å²) in [5.74, 6) is -2.57. The highest BCUT2D eigenvalue weighted by molar-refractivity contribution is 5.89. The van der Waals surface area contributed by atoms with Crippen LogP contribution < -0.4 is 5.32 Å². The van der Waals surface area contributed by atoms with Crippen LogP contribution in [0.1, 0.15) is 13.3 Å². The number of nitrogens with zero attached hydrogens (tertiary/aromatic N) is 3. The van der Waals surface area contributed by atoms with Gasteiger partial charge in [0.05, 0.1) is 11.6 Å². The highest BCUT2D eigenvalue weighted by Crippen LogP contribution is 2.26. The Labute approximate surface area is 154 Å². The first kappa shape index (κ1) is 18.8. The van der Waals surface area contributed by atoms with Crippen molar-refractivity contribution in [3.8, 4) is 11.3 Å². The molecule has 1 aliphatic heterocycles. The summed E-state index contributed by atoms with van der Waals surface area (Å²) in [6, 6.07) is 4.22. The molecule has 7 nitrogen and oxygen atoms in total. The molecule has 2 atom stereocenters. The summed E-state index contributed by atoms with van der Waals surface area (Å²) in [6.45, 7) is 2.48. The van der Waals surface area contributed by atoms with E-state index in [0.717, 1.165) is 12.1 Å². The second-order valence-corrected chi connectivity index (χ2v) is 6.87. The van der Waals surface area contributed by atoms with Crippen molar-refractivity contribution in [2.24, 2.45) is 18.9 Å². The lowest BCUT2D eigenvalue weighted by Crippen LogP contribution is -2.47. The third-order valence-corrected chi connectivity index (χ3v) is 4.62. The Morgan fingerprint density at radius 3 is 2.67 bits per heavy atom. The Hall–Kier alpha value is -2.97. The number of carbonyl (C=O) groups excluding carboxylic acids is 1. The maximum absolute atomic E-state index is 14.0. The molecular formula is C18H20F2N4O3. The van der Waals surface area contributed by atoms with E-state index >= 15 is 0 Å². The zero-order valence-corrected chi connectivity index (χ0v) is 14.9. The molecule has 2 amide bonds. The van der Waals surface area contributed by atoms with Gasteiger partial charge < -0.3 is 10.0 Å². The lowest BCUT2D eigenvalue weighted by Gasteiger charge is -2.34. The molecule has 1 fully saturated rings. The molecule has 2 heterocycles. The van der Waals surface area contributed by atoms with Crippen LogP contribution in [-0.2, 0) is 11.8 Å². The maximum atomic E-state index is 14.0. The predicted octanol–water partition coefficient (Wildman–Crippen LogP) is 2.94. The van der Waals surface area contributed by atoms with Crippen LogP contribution in [-0.4, -0.2) is 44.9 Å². The Bertz CT molecular complexity index is 883. The largest absolute Gasteiger partial charge is 0.481 e. The number of halogens is 2. The second kappa shape index (κ2) is 7.34. The van der Waals surface area contributed by atoms with Crippen LogP contribution in [0.15, 0.2) is 24.3 Å². The number of nitrogens with one attached hydrogen (secondary N) is 1. The Morgan fingerprint density at radius 2 is 2.00 bits per heavy atom. The minimum atomic E-state index is -0.922. The fourth-order valence-electron chi connectivity index (χ4n) is 3.30. The maximum Gasteiger partial charge on any atom is 0.323 e. The van der Waals surface area contributed by atoms with Crippen molar-refractivity contribution < 1.29 is 23.5 Å². The summed E-state index contributed by atoms with van der Waals surface area (Å²) in [5.41, 5.74) is 0.366. The number of carboxylic acids is 1. The fourth-order valence-corrected chi connectivity index (χ4v) is 3.30. The molecular weight excluding hydrogens is 358 g/mol. The summed E-state index contributed by atoms with van der Waals surface area (Å²) < 4.78 is 28.4. The predicted molar refractivity (Wildman–Crippen MR) is 94.1 cm³/mol. The van der Waals surface area contributed by atoms with E-state index in [1.807, 2.05) is 6.92 Å². The lowest BCUT2D eigenvalue weighted by atomic mass is 9.91. The first-order chi connectivity index (χ1) is 12.7. The van der Waals surface area contributed by atoms with Crippen LogP contribution in [0.4, 0.5) is 19.4 Å². The topological polar surface area (TPSA) is 87.5 Å². The number of amides is 2. The van der Waals surface area contributed by atoms with Gasteiger partial charge in [0.1, 0.15) is 17.5 Å². The number of carbonyl (C=O) groups is 2. The third kappa shape index (κ3) is 4.07. The van der Waals surface area contributed by atoms with Gasteiger partial charge in [-0.2, -0.15) is 5.10 Å². The number of hydrogen-bond acceptors (Lipinski definition) is 3. The van der Waals surface area contributed by atoms with Crippen LogP contribution in [0, 0.1) is 23.5 Å². The number of rotatable bonds is 3. The molecule has 3 rings (SSSR count). The molecule has 2 N–H and O–H groups in total. The van der Waals surface area contributed by atoms with E-state index in [2.05, 4.69) is 10.4 Å². The molecule has 0 radical (unpaired) electrons. The molecule has 9 heteroatoms. The second-order valence-electron chi connectivity index (χ2n) is 6.87. The highest BCUT2D eigenvalue weighted by atomic mass is 19.1. The van der Waals surface area contributed by atoms with E-state index in [1.165, 1.54) is 21.7 Å². The van der Waals surface area contributed by atoms with Gasteiger partial charge >= 0.3 is 12.0 Å². The van der Waals surface area contributed by atoms with E-state index in [9.17, 15) is 23.5 Å². The van der Waals surface area contributed by atoms with Gasteiger partial charge in [-0.3, -0.25) is 14.8 Å². The summed E-state index contributed by atoms with van der Waals surface area (Å²) >= 11 is 0. The van der Waals surface area contributed by atoms with E-state index in [0.29, 0.717) is 18.8 Å². The zero-order valence-electron chi connectivity index (χ0n) is 14.9. The van der Waals surface area contributed by atoms with Gasteiger partial charge in [-0.1, -0.05) is 6.92 Å². The summed E-state index contributed by atoms with van der Waals surface area (Å²) in [7, 11) is 1.58. The van der Waals surface area contributed by atoms with Crippen LogP contribution in [0.3, 0.4) is 0 Å². The van der Waals surface area contributed by atoms with Crippen molar-refractivity contribution in [2.75, 3.05) is 18.4 Å². The normalized spacial score (nSPS) is 19.8. The molecule has 2 unspecified atom stereocenters. The molecule has 0 bridgehead atoms. The monoisotopic (exact) mass is 378 g/mol. The number of carboxylic acid groups (broad SMARTS) is 1. The Morgan fingerprint density at radius 1 is 1.26 bits per heavy atom. The first-order valence-electron chi connectivity index (χ1n) is 8.52. The van der Waals surface area contributed by atoms with Crippen molar-refractivity contribution in [3.05, 3.63) is 35.9 Å². The summed E-state index contributed by atoms with van der Waals surface area (Å²) in [5, 5.41) is 16.1. The molecule has 1 aromatic carbocycles. The van der Waals surface area contributed by atoms with Gasteiger partial charge in [-0.05, 0) is 24.5 Å². The number of anilines is 1. The average molecular weight is 378 g/mol. The minimum absolute atomic E-state index is 0.0704. The number of piperidine rings is 1. The van der Waals surface area contributed by atoms with Gasteiger partial charge in [0.25, 0.3) is 0 Å². The lowest BCUT2D eigenvalue weighted by molar-refractivity contribution is -0.143. The number of likely N-dealkylation sites (tertiary alicyclic amines) is 1. The Balaban J connectivity index is 1.77. The van der Waals surface area contributed by atoms with Gasteiger partial charge in [0.15, 0.2) is 0 Å². The summed E-state index contributed by atoms with van der Waals surface area (Å²) in [6.07, 6.45) is 0.527. The number of hydrogen-bond donors (Lipinski definition) is 2. The number of benzene rings is 1. The van der Waals surface area contributed by atoms with Crippen molar-refractivity contribution in [1.82, 2.24) is 14.7 Å². The quantitative estimate of drug-likeness (QED) is 0.860. The van der Waals surface area contributed by atoms with Crippen LogP contribution in [0.25, 0.3) is 11.3 Å². The van der Waals surface area contributed by atoms with Crippen LogP contribution >= 0.6 is 0 Å². The molecule has 0 aliphatic carbocycles. The van der Waals surface area contributed by atoms with Crippen molar-refractivity contribution in [1.29, 1.82) is 0 Å². The van der Waals surface area contributed by atoms with Gasteiger partial charge in [0.2, 0.25) is 0 Å². The minimum Gasteiger partial charge on any atom is -0.481 e. The van der Waals surface area contributed by atoms with Crippen LogP contribution in [0.2, 0.25) is 0 Å². The molecule has 27 heavy (non-hydrogen) atoms. The number of aromatic nitrogens is 2. The van der Waals surface area contributed by atoms with Gasteiger partial charge in [-0.15, -0.1) is 0 Å². The molecule has 0 saturated carbocycles. The molecule has 1 aliphatic rings. The number of urea groups is 1. The van der Waals surface area contributed by atoms with Gasteiger partial charge in [0, 0.05) is 37.8 Å². The van der Waals surface area contributed by atoms with Gasteiger partial charge in [-0.25, -0.2) is 13.6 Å². The molecule has 0 spiro atoms.